The van der Waals surface area contributed by atoms with Gasteiger partial charge >= 0.3 is 0 Å². The lowest BCUT2D eigenvalue weighted by molar-refractivity contribution is 0.415. The van der Waals surface area contributed by atoms with Crippen LogP contribution in [0.2, 0.25) is 0 Å². The van der Waals surface area contributed by atoms with Crippen LogP contribution in [0.1, 0.15) is 11.8 Å². The van der Waals surface area contributed by atoms with Crippen LogP contribution in [0.4, 0.5) is 0 Å². The molecule has 2 aromatic rings. The second-order valence-corrected chi connectivity index (χ2v) is 9.06. The van der Waals surface area contributed by atoms with Gasteiger partial charge in [0.05, 0.1) is 5.88 Å². The maximum absolute atomic E-state index is 13.0. The maximum Gasteiger partial charge on any atom is 0.244 e. The number of alkyl halides is 1. The Morgan fingerprint density at radius 3 is 2.67 bits per heavy atom. The molecular weight excluding hydrogens is 346 g/mol. The van der Waals surface area contributed by atoms with E-state index in [1.165, 1.54) is 15.6 Å². The van der Waals surface area contributed by atoms with Crippen LogP contribution in [0.5, 0.6) is 0 Å². The summed E-state index contributed by atoms with van der Waals surface area (Å²) in [7, 11) is -1.90. The SMILES string of the molecule is CSCC(C)N(C)S(=O)(=O)c1c(CCl)sc2ccccc12. The van der Waals surface area contributed by atoms with Gasteiger partial charge in [0.1, 0.15) is 4.90 Å². The molecule has 2 rings (SSSR count). The molecule has 0 N–H and O–H groups in total. The zero-order chi connectivity index (χ0) is 15.6. The highest BCUT2D eigenvalue weighted by Gasteiger charge is 2.30. The molecule has 0 aliphatic carbocycles. The zero-order valence-electron chi connectivity index (χ0n) is 12.2. The number of thiophene rings is 1. The predicted octanol–water partition coefficient (Wildman–Crippen LogP) is 4.01. The maximum atomic E-state index is 13.0. The van der Waals surface area contributed by atoms with Gasteiger partial charge in [0.2, 0.25) is 10.0 Å². The first-order valence-corrected chi connectivity index (χ1v) is 10.6. The van der Waals surface area contributed by atoms with E-state index >= 15 is 0 Å². The van der Waals surface area contributed by atoms with Gasteiger partial charge < -0.3 is 0 Å². The molecule has 1 aromatic heterocycles. The molecule has 21 heavy (non-hydrogen) atoms. The molecule has 1 heterocycles. The summed E-state index contributed by atoms with van der Waals surface area (Å²) in [5.74, 6) is 0.965. The molecule has 0 amide bonds. The Morgan fingerprint density at radius 2 is 2.05 bits per heavy atom. The summed E-state index contributed by atoms with van der Waals surface area (Å²) < 4.78 is 28.3. The molecule has 0 saturated heterocycles. The number of fused-ring (bicyclic) bond motifs is 1. The van der Waals surface area contributed by atoms with E-state index in [1.807, 2.05) is 37.4 Å². The third kappa shape index (κ3) is 3.24. The summed E-state index contributed by atoms with van der Waals surface area (Å²) >= 11 is 9.06. The van der Waals surface area contributed by atoms with Crippen LogP contribution in [0.25, 0.3) is 10.1 Å². The summed E-state index contributed by atoms with van der Waals surface area (Å²) in [6, 6.07) is 7.49. The second kappa shape index (κ2) is 6.87. The van der Waals surface area contributed by atoms with Crippen molar-refractivity contribution in [2.24, 2.45) is 0 Å². The van der Waals surface area contributed by atoms with Gasteiger partial charge in [-0.2, -0.15) is 16.1 Å². The summed E-state index contributed by atoms with van der Waals surface area (Å²) in [5, 5.41) is 0.765. The fourth-order valence-electron chi connectivity index (χ4n) is 2.17. The third-order valence-electron chi connectivity index (χ3n) is 3.41. The fraction of sp³-hybridized carbons (Fsp3) is 0.429. The van der Waals surface area contributed by atoms with E-state index in [0.29, 0.717) is 9.77 Å². The number of rotatable bonds is 6. The Kier molecular flexibility index (Phi) is 5.59. The molecule has 0 radical (unpaired) electrons. The molecule has 1 unspecified atom stereocenters. The molecule has 7 heteroatoms. The highest BCUT2D eigenvalue weighted by Crippen LogP contribution is 2.37. The molecule has 1 aromatic carbocycles. The summed E-state index contributed by atoms with van der Waals surface area (Å²) in [6.45, 7) is 1.92. The fourth-order valence-corrected chi connectivity index (χ4v) is 6.45. The van der Waals surface area contributed by atoms with Crippen molar-refractivity contribution in [3.8, 4) is 0 Å². The van der Waals surface area contributed by atoms with Gasteiger partial charge in [0.25, 0.3) is 0 Å². The number of hydrogen-bond donors (Lipinski definition) is 0. The van der Waals surface area contributed by atoms with Gasteiger partial charge in [-0.1, -0.05) is 18.2 Å². The molecule has 0 spiro atoms. The minimum atomic E-state index is -3.54. The van der Waals surface area contributed by atoms with Gasteiger partial charge in [-0.25, -0.2) is 8.42 Å². The Balaban J connectivity index is 2.59. The molecule has 0 fully saturated rings. The third-order valence-corrected chi connectivity index (χ3v) is 8.05. The van der Waals surface area contributed by atoms with Crippen molar-refractivity contribution in [3.05, 3.63) is 29.1 Å². The quantitative estimate of drug-likeness (QED) is 0.727. The smallest absolute Gasteiger partial charge is 0.207 e. The van der Waals surface area contributed by atoms with E-state index in [-0.39, 0.29) is 11.9 Å². The van der Waals surface area contributed by atoms with Crippen LogP contribution in [-0.4, -0.2) is 37.8 Å². The number of nitrogens with zero attached hydrogens (tertiary/aromatic N) is 1. The standard InChI is InChI=1S/C14H18ClNO2S3/c1-10(9-19-3)16(2)21(17,18)14-11-6-4-5-7-12(11)20-13(14)8-15/h4-7,10H,8-9H2,1-3H3. The molecular formula is C14H18ClNO2S3. The van der Waals surface area contributed by atoms with Crippen molar-refractivity contribution >= 4 is 54.8 Å². The molecule has 0 bridgehead atoms. The van der Waals surface area contributed by atoms with E-state index in [4.69, 9.17) is 11.6 Å². The van der Waals surface area contributed by atoms with Gasteiger partial charge in [-0.05, 0) is 19.2 Å². The predicted molar refractivity (Wildman–Crippen MR) is 94.2 cm³/mol. The van der Waals surface area contributed by atoms with Crippen molar-refractivity contribution in [2.45, 2.75) is 23.7 Å². The number of thioether (sulfide) groups is 1. The number of halogens is 1. The highest BCUT2D eigenvalue weighted by atomic mass is 35.5. The summed E-state index contributed by atoms with van der Waals surface area (Å²) in [4.78, 5) is 1.08. The van der Waals surface area contributed by atoms with Crippen LogP contribution in [0, 0.1) is 0 Å². The topological polar surface area (TPSA) is 37.4 Å². The average molecular weight is 364 g/mol. The van der Waals surface area contributed by atoms with Gasteiger partial charge in [0, 0.05) is 33.8 Å². The lowest BCUT2D eigenvalue weighted by Gasteiger charge is -2.24. The van der Waals surface area contributed by atoms with Gasteiger partial charge in [-0.15, -0.1) is 22.9 Å². The molecule has 1 atom stereocenters. The molecule has 0 aliphatic heterocycles. The lowest BCUT2D eigenvalue weighted by atomic mass is 10.2. The van der Waals surface area contributed by atoms with E-state index in [9.17, 15) is 8.42 Å². The van der Waals surface area contributed by atoms with Crippen molar-refractivity contribution in [1.29, 1.82) is 0 Å². The van der Waals surface area contributed by atoms with Crippen molar-refractivity contribution < 1.29 is 8.42 Å². The van der Waals surface area contributed by atoms with Gasteiger partial charge in [-0.3, -0.25) is 0 Å². The van der Waals surface area contributed by atoms with Crippen LogP contribution < -0.4 is 0 Å². The van der Waals surface area contributed by atoms with Crippen molar-refractivity contribution in [3.63, 3.8) is 0 Å². The first-order valence-electron chi connectivity index (χ1n) is 6.46. The van der Waals surface area contributed by atoms with E-state index in [1.54, 1.807) is 18.8 Å². The van der Waals surface area contributed by atoms with E-state index < -0.39 is 10.0 Å². The molecule has 116 valence electrons. The van der Waals surface area contributed by atoms with Crippen molar-refractivity contribution in [2.75, 3.05) is 19.1 Å². The second-order valence-electron chi connectivity index (χ2n) is 4.81. The Morgan fingerprint density at radius 1 is 1.38 bits per heavy atom. The van der Waals surface area contributed by atoms with Crippen LogP contribution in [0.15, 0.2) is 29.2 Å². The Hall–Kier alpha value is -0.270. The van der Waals surface area contributed by atoms with Crippen LogP contribution in [-0.2, 0) is 15.9 Å². The van der Waals surface area contributed by atoms with Crippen molar-refractivity contribution in [1.82, 2.24) is 4.31 Å². The number of sulfonamides is 1. The summed E-state index contributed by atoms with van der Waals surface area (Å²) in [5.41, 5.74) is 0. The minimum Gasteiger partial charge on any atom is -0.207 e. The minimum absolute atomic E-state index is 0.0631. The zero-order valence-corrected chi connectivity index (χ0v) is 15.4. The molecule has 3 nitrogen and oxygen atoms in total. The normalized spacial score (nSPS) is 14.0. The van der Waals surface area contributed by atoms with Crippen LogP contribution in [0.3, 0.4) is 0 Å². The average Bonchev–Trinajstić information content (AvgIpc) is 2.85. The van der Waals surface area contributed by atoms with E-state index in [2.05, 4.69) is 0 Å². The first kappa shape index (κ1) is 17.1. The number of benzene rings is 1. The molecule has 0 saturated carbocycles. The van der Waals surface area contributed by atoms with Gasteiger partial charge in [0.15, 0.2) is 0 Å². The van der Waals surface area contributed by atoms with E-state index in [0.717, 1.165) is 15.8 Å². The highest BCUT2D eigenvalue weighted by molar-refractivity contribution is 7.98. The Bertz CT molecular complexity index is 727. The lowest BCUT2D eigenvalue weighted by Crippen LogP contribution is -2.36. The molecule has 0 aliphatic rings. The van der Waals surface area contributed by atoms with Crippen LogP contribution >= 0.6 is 34.7 Å². The number of hydrogen-bond acceptors (Lipinski definition) is 4. The summed E-state index contributed by atoms with van der Waals surface area (Å²) in [6.07, 6.45) is 1.97. The largest absolute Gasteiger partial charge is 0.244 e. The monoisotopic (exact) mass is 363 g/mol. The Labute approximate surface area is 139 Å². The first-order chi connectivity index (χ1) is 9.93.